The van der Waals surface area contributed by atoms with Gasteiger partial charge in [0, 0.05) is 46.1 Å². The Kier molecular flexibility index (Phi) is 5.57. The molecule has 0 radical (unpaired) electrons. The molecule has 0 atom stereocenters. The maximum atomic E-state index is 14.6. The van der Waals surface area contributed by atoms with Crippen LogP contribution in [0.25, 0.3) is 55.7 Å². The number of rotatable bonds is 5. The highest BCUT2D eigenvalue weighted by Gasteiger charge is 2.18. The third-order valence-electron chi connectivity index (χ3n) is 7.28. The van der Waals surface area contributed by atoms with E-state index in [4.69, 9.17) is 4.74 Å². The topological polar surface area (TPSA) is 92.4 Å². The number of H-pyrrole nitrogens is 2. The zero-order chi connectivity index (χ0) is 25.5. The van der Waals surface area contributed by atoms with Gasteiger partial charge in [0.1, 0.15) is 17.2 Å². The summed E-state index contributed by atoms with van der Waals surface area (Å²) in [4.78, 5) is 16.9. The van der Waals surface area contributed by atoms with Crippen molar-refractivity contribution < 1.29 is 9.13 Å². The number of ether oxygens (including phenoxy) is 1. The van der Waals surface area contributed by atoms with Crippen molar-refractivity contribution in [3.8, 4) is 39.4 Å². The minimum absolute atomic E-state index is 0.256. The molecule has 7 nitrogen and oxygen atoms in total. The van der Waals surface area contributed by atoms with Gasteiger partial charge < -0.3 is 9.72 Å². The molecule has 0 spiro atoms. The molecule has 0 aliphatic heterocycles. The third kappa shape index (κ3) is 4.08. The van der Waals surface area contributed by atoms with E-state index in [1.54, 1.807) is 30.7 Å². The molecule has 6 aromatic rings. The van der Waals surface area contributed by atoms with Crippen LogP contribution < -0.4 is 4.74 Å². The molecule has 1 saturated carbocycles. The lowest BCUT2D eigenvalue weighted by atomic mass is 9.98. The monoisotopic (exact) mass is 504 g/mol. The second-order valence-electron chi connectivity index (χ2n) is 9.76. The average Bonchev–Trinajstić information content (AvgIpc) is 3.58. The van der Waals surface area contributed by atoms with Crippen molar-refractivity contribution in [1.82, 2.24) is 30.1 Å². The Morgan fingerprint density at radius 2 is 1.71 bits per heavy atom. The van der Waals surface area contributed by atoms with Crippen LogP contribution in [-0.2, 0) is 0 Å². The molecule has 1 fully saturated rings. The van der Waals surface area contributed by atoms with Crippen LogP contribution >= 0.6 is 0 Å². The van der Waals surface area contributed by atoms with Gasteiger partial charge in [0.05, 0.1) is 23.7 Å². The number of fused-ring (bicyclic) bond motifs is 2. The van der Waals surface area contributed by atoms with Crippen molar-refractivity contribution in [2.45, 2.75) is 38.2 Å². The van der Waals surface area contributed by atoms with Crippen LogP contribution in [0.1, 0.15) is 32.1 Å². The van der Waals surface area contributed by atoms with Gasteiger partial charge in [0.25, 0.3) is 0 Å². The van der Waals surface area contributed by atoms with E-state index in [0.29, 0.717) is 16.9 Å². The van der Waals surface area contributed by atoms with Gasteiger partial charge in [-0.2, -0.15) is 5.10 Å². The molecule has 0 bridgehead atoms. The minimum atomic E-state index is -0.271. The summed E-state index contributed by atoms with van der Waals surface area (Å²) in [7, 11) is 0. The molecule has 5 heterocycles. The minimum Gasteiger partial charge on any atom is -0.489 e. The number of nitrogens with one attached hydrogen (secondary N) is 2. The number of hydrogen-bond donors (Lipinski definition) is 2. The lowest BCUT2D eigenvalue weighted by Crippen LogP contribution is -2.19. The van der Waals surface area contributed by atoms with Crippen LogP contribution in [0.2, 0.25) is 0 Å². The lowest BCUT2D eigenvalue weighted by Gasteiger charge is -2.23. The Bertz CT molecular complexity index is 1770. The summed E-state index contributed by atoms with van der Waals surface area (Å²) in [6, 6.07) is 14.7. The first-order chi connectivity index (χ1) is 18.7. The number of aromatic nitrogens is 6. The molecule has 0 unspecified atom stereocenters. The molecule has 0 saturated heterocycles. The standard InChI is InChI=1S/C30H25FN6O/c31-26-9-5-4-8-23(26)22-10-11-33-29-24(22)14-27(35-29)28-25-13-19(16-34-30(25)37-36-28)18-12-21(17-32-15-18)38-20-6-2-1-3-7-20/h4-5,8-17,20H,1-3,6-7H2,(H,33,35)(H,34,36,37). The summed E-state index contributed by atoms with van der Waals surface area (Å²) in [6.45, 7) is 0. The Morgan fingerprint density at radius 3 is 2.61 bits per heavy atom. The first kappa shape index (κ1) is 22.6. The summed E-state index contributed by atoms with van der Waals surface area (Å²) in [5.74, 6) is 0.510. The van der Waals surface area contributed by atoms with Gasteiger partial charge in [-0.15, -0.1) is 0 Å². The summed E-state index contributed by atoms with van der Waals surface area (Å²) >= 11 is 0. The molecule has 5 aromatic heterocycles. The molecular weight excluding hydrogens is 479 g/mol. The molecule has 38 heavy (non-hydrogen) atoms. The van der Waals surface area contributed by atoms with Gasteiger partial charge in [0.15, 0.2) is 5.65 Å². The number of halogens is 1. The predicted octanol–water partition coefficient (Wildman–Crippen LogP) is 7.08. The zero-order valence-corrected chi connectivity index (χ0v) is 20.6. The Hall–Kier alpha value is -4.59. The van der Waals surface area contributed by atoms with E-state index in [9.17, 15) is 4.39 Å². The van der Waals surface area contributed by atoms with E-state index in [-0.39, 0.29) is 11.9 Å². The van der Waals surface area contributed by atoms with Gasteiger partial charge >= 0.3 is 0 Å². The molecule has 1 aliphatic rings. The number of nitrogens with zero attached hydrogens (tertiary/aromatic N) is 4. The molecule has 2 N–H and O–H groups in total. The van der Waals surface area contributed by atoms with Crippen LogP contribution in [0, 0.1) is 5.82 Å². The van der Waals surface area contributed by atoms with Crippen LogP contribution in [0.4, 0.5) is 4.39 Å². The van der Waals surface area contributed by atoms with Gasteiger partial charge in [-0.1, -0.05) is 24.6 Å². The Morgan fingerprint density at radius 1 is 0.842 bits per heavy atom. The van der Waals surface area contributed by atoms with E-state index >= 15 is 0 Å². The van der Waals surface area contributed by atoms with Crippen molar-refractivity contribution >= 4 is 22.1 Å². The quantitative estimate of drug-likeness (QED) is 0.262. The van der Waals surface area contributed by atoms with Crippen molar-refractivity contribution in [3.63, 3.8) is 0 Å². The first-order valence-electron chi connectivity index (χ1n) is 12.9. The zero-order valence-electron chi connectivity index (χ0n) is 20.6. The van der Waals surface area contributed by atoms with Crippen LogP contribution in [-0.4, -0.2) is 36.2 Å². The van der Waals surface area contributed by atoms with E-state index in [2.05, 4.69) is 36.2 Å². The fraction of sp³-hybridized carbons (Fsp3) is 0.200. The fourth-order valence-electron chi connectivity index (χ4n) is 5.36. The molecule has 0 amide bonds. The molecule has 1 aliphatic carbocycles. The van der Waals surface area contributed by atoms with Crippen molar-refractivity contribution in [1.29, 1.82) is 0 Å². The predicted molar refractivity (Wildman–Crippen MR) is 145 cm³/mol. The number of hydrogen-bond acceptors (Lipinski definition) is 5. The third-order valence-corrected chi connectivity index (χ3v) is 7.28. The highest BCUT2D eigenvalue weighted by atomic mass is 19.1. The number of benzene rings is 1. The summed E-state index contributed by atoms with van der Waals surface area (Å²) in [6.07, 6.45) is 13.2. The molecule has 7 rings (SSSR count). The Labute approximate surface area is 218 Å². The maximum absolute atomic E-state index is 14.6. The lowest BCUT2D eigenvalue weighted by molar-refractivity contribution is 0.154. The summed E-state index contributed by atoms with van der Waals surface area (Å²) in [5, 5.41) is 9.22. The van der Waals surface area contributed by atoms with Crippen molar-refractivity contribution in [2.75, 3.05) is 0 Å². The van der Waals surface area contributed by atoms with Crippen LogP contribution in [0.15, 0.2) is 73.3 Å². The van der Waals surface area contributed by atoms with Gasteiger partial charge in [-0.25, -0.2) is 14.4 Å². The normalized spacial score (nSPS) is 14.3. The Balaban J connectivity index is 1.26. The smallest absolute Gasteiger partial charge is 0.181 e. The maximum Gasteiger partial charge on any atom is 0.181 e. The van der Waals surface area contributed by atoms with E-state index in [0.717, 1.165) is 57.4 Å². The van der Waals surface area contributed by atoms with Gasteiger partial charge in [-0.05, 0) is 61.6 Å². The molecule has 8 heteroatoms. The summed E-state index contributed by atoms with van der Waals surface area (Å²) < 4.78 is 20.8. The highest BCUT2D eigenvalue weighted by molar-refractivity contribution is 5.99. The van der Waals surface area contributed by atoms with Crippen LogP contribution in [0.5, 0.6) is 5.75 Å². The molecule has 1 aromatic carbocycles. The fourth-order valence-corrected chi connectivity index (χ4v) is 5.36. The van der Waals surface area contributed by atoms with Gasteiger partial charge in [0.2, 0.25) is 0 Å². The molecular formula is C30H25FN6O. The second-order valence-corrected chi connectivity index (χ2v) is 9.76. The average molecular weight is 505 g/mol. The number of pyridine rings is 3. The van der Waals surface area contributed by atoms with E-state index < -0.39 is 0 Å². The highest BCUT2D eigenvalue weighted by Crippen LogP contribution is 2.35. The van der Waals surface area contributed by atoms with Crippen LogP contribution in [0.3, 0.4) is 0 Å². The van der Waals surface area contributed by atoms with Crippen molar-refractivity contribution in [2.24, 2.45) is 0 Å². The number of aromatic amines is 2. The molecule has 188 valence electrons. The van der Waals surface area contributed by atoms with E-state index in [1.165, 1.54) is 25.3 Å². The second kappa shape index (κ2) is 9.37. The first-order valence-corrected chi connectivity index (χ1v) is 12.9. The van der Waals surface area contributed by atoms with E-state index in [1.807, 2.05) is 30.5 Å². The van der Waals surface area contributed by atoms with Crippen molar-refractivity contribution in [3.05, 3.63) is 79.1 Å². The largest absolute Gasteiger partial charge is 0.489 e. The SMILES string of the molecule is Fc1ccccc1-c1ccnc2[nH]c(-c3[nH]nc4ncc(-c5cncc(OC6CCCCC6)c5)cc34)cc12. The van der Waals surface area contributed by atoms with Gasteiger partial charge in [-0.3, -0.25) is 10.1 Å². The summed E-state index contributed by atoms with van der Waals surface area (Å²) in [5.41, 5.74) is 6.02.